The van der Waals surface area contributed by atoms with Crippen LogP contribution in [0.25, 0.3) is 0 Å². The monoisotopic (exact) mass is 186 g/mol. The third-order valence-corrected chi connectivity index (χ3v) is 2.19. The average molecular weight is 186 g/mol. The largest absolute Gasteiger partial charge is 0.443 e. The lowest BCUT2D eigenvalue weighted by atomic mass is 10.1. The molecule has 2 N–H and O–H groups in total. The summed E-state index contributed by atoms with van der Waals surface area (Å²) in [5, 5.41) is 0. The lowest BCUT2D eigenvalue weighted by Gasteiger charge is -2.13. The van der Waals surface area contributed by atoms with E-state index in [9.17, 15) is 4.79 Å². The first kappa shape index (κ1) is 10.3. The normalized spacial score (nSPS) is 22.6. The molecule has 13 heavy (non-hydrogen) atoms. The smallest absolute Gasteiger partial charge is 0.410 e. The van der Waals surface area contributed by atoms with Crippen molar-refractivity contribution in [1.82, 2.24) is 4.90 Å². The topological polar surface area (TPSA) is 55.6 Å². The summed E-state index contributed by atoms with van der Waals surface area (Å²) in [4.78, 5) is 12.9. The zero-order chi connectivity index (χ0) is 9.84. The van der Waals surface area contributed by atoms with Crippen LogP contribution in [-0.2, 0) is 4.74 Å². The highest BCUT2D eigenvalue weighted by Gasteiger charge is 2.29. The van der Waals surface area contributed by atoms with E-state index in [1.165, 1.54) is 0 Å². The fourth-order valence-corrected chi connectivity index (χ4v) is 1.29. The summed E-state index contributed by atoms with van der Waals surface area (Å²) in [7, 11) is 0. The molecule has 0 saturated carbocycles. The van der Waals surface area contributed by atoms with E-state index in [2.05, 4.69) is 13.8 Å². The lowest BCUT2D eigenvalue weighted by molar-refractivity contribution is 0.134. The molecule has 1 atom stereocenters. The molecule has 0 aromatic heterocycles. The van der Waals surface area contributed by atoms with Gasteiger partial charge in [-0.3, -0.25) is 0 Å². The molecule has 1 unspecified atom stereocenters. The van der Waals surface area contributed by atoms with Crippen molar-refractivity contribution in [2.45, 2.75) is 26.4 Å². The number of rotatable bonds is 4. The molecule has 0 spiro atoms. The Bertz CT molecular complexity index is 182. The molecule has 1 heterocycles. The highest BCUT2D eigenvalue weighted by molar-refractivity contribution is 5.69. The number of nitrogens with two attached hydrogens (primary N) is 1. The first-order valence-electron chi connectivity index (χ1n) is 4.79. The summed E-state index contributed by atoms with van der Waals surface area (Å²) in [6.07, 6.45) is 0.711. The van der Waals surface area contributed by atoms with E-state index >= 15 is 0 Å². The van der Waals surface area contributed by atoms with Crippen LogP contribution in [0.15, 0.2) is 0 Å². The van der Waals surface area contributed by atoms with Gasteiger partial charge in [0.05, 0.1) is 6.54 Å². The Balaban J connectivity index is 2.31. The third-order valence-electron chi connectivity index (χ3n) is 2.19. The number of nitrogens with zero attached hydrogens (tertiary/aromatic N) is 1. The van der Waals surface area contributed by atoms with Gasteiger partial charge in [-0.2, -0.15) is 0 Å². The summed E-state index contributed by atoms with van der Waals surface area (Å²) in [5.74, 6) is 0.615. The van der Waals surface area contributed by atoms with Crippen LogP contribution in [-0.4, -0.2) is 36.7 Å². The Morgan fingerprint density at radius 3 is 2.85 bits per heavy atom. The van der Waals surface area contributed by atoms with Gasteiger partial charge in [-0.1, -0.05) is 13.8 Å². The quantitative estimate of drug-likeness (QED) is 0.707. The van der Waals surface area contributed by atoms with Crippen LogP contribution in [0.4, 0.5) is 4.79 Å². The Hall–Kier alpha value is -0.770. The number of cyclic esters (lactones) is 1. The first-order chi connectivity index (χ1) is 6.13. The van der Waals surface area contributed by atoms with Gasteiger partial charge in [0, 0.05) is 13.1 Å². The van der Waals surface area contributed by atoms with Crippen LogP contribution in [0.3, 0.4) is 0 Å². The summed E-state index contributed by atoms with van der Waals surface area (Å²) in [6.45, 7) is 6.14. The first-order valence-corrected chi connectivity index (χ1v) is 4.79. The number of hydrogen-bond acceptors (Lipinski definition) is 3. The number of carbonyl (C=O) groups is 1. The van der Waals surface area contributed by atoms with Crippen molar-refractivity contribution in [3.8, 4) is 0 Å². The van der Waals surface area contributed by atoms with E-state index in [4.69, 9.17) is 10.5 Å². The van der Waals surface area contributed by atoms with Crippen molar-refractivity contribution in [2.24, 2.45) is 11.7 Å². The Morgan fingerprint density at radius 2 is 2.38 bits per heavy atom. The third kappa shape index (κ3) is 2.88. The number of ether oxygens (including phenoxy) is 1. The molecule has 1 aliphatic heterocycles. The van der Waals surface area contributed by atoms with E-state index in [1.54, 1.807) is 4.90 Å². The van der Waals surface area contributed by atoms with Crippen molar-refractivity contribution >= 4 is 6.09 Å². The minimum atomic E-state index is -0.212. The minimum Gasteiger partial charge on any atom is -0.443 e. The van der Waals surface area contributed by atoms with Gasteiger partial charge >= 0.3 is 6.09 Å². The fourth-order valence-electron chi connectivity index (χ4n) is 1.29. The molecule has 1 rings (SSSR count). The molecule has 0 radical (unpaired) electrons. The van der Waals surface area contributed by atoms with Crippen LogP contribution in [0.1, 0.15) is 20.3 Å². The zero-order valence-corrected chi connectivity index (χ0v) is 8.32. The van der Waals surface area contributed by atoms with Crippen molar-refractivity contribution in [3.63, 3.8) is 0 Å². The lowest BCUT2D eigenvalue weighted by Crippen LogP contribution is -2.29. The maximum atomic E-state index is 11.2. The van der Waals surface area contributed by atoms with Crippen LogP contribution in [0.2, 0.25) is 0 Å². The average Bonchev–Trinajstić information content (AvgIpc) is 2.43. The Labute approximate surface area is 79.0 Å². The molecule has 1 saturated heterocycles. The Kier molecular flexibility index (Phi) is 3.54. The summed E-state index contributed by atoms with van der Waals surface area (Å²) in [6, 6.07) is 0. The standard InChI is InChI=1S/C9H18N2O2/c1-7(2)3-4-11-6-8(5-10)13-9(11)12/h7-8H,3-6,10H2,1-2H3. The second kappa shape index (κ2) is 4.46. The van der Waals surface area contributed by atoms with Crippen LogP contribution in [0.5, 0.6) is 0 Å². The van der Waals surface area contributed by atoms with Gasteiger partial charge in [0.15, 0.2) is 0 Å². The molecular weight excluding hydrogens is 168 g/mol. The van der Waals surface area contributed by atoms with Crippen molar-refractivity contribution in [3.05, 3.63) is 0 Å². The van der Waals surface area contributed by atoms with Gasteiger partial charge in [0.25, 0.3) is 0 Å². The fraction of sp³-hybridized carbons (Fsp3) is 0.889. The summed E-state index contributed by atoms with van der Waals surface area (Å²) >= 11 is 0. The van der Waals surface area contributed by atoms with Gasteiger partial charge in [-0.05, 0) is 12.3 Å². The second-order valence-corrected chi connectivity index (χ2v) is 3.87. The van der Waals surface area contributed by atoms with Gasteiger partial charge in [-0.15, -0.1) is 0 Å². The summed E-state index contributed by atoms with van der Waals surface area (Å²) in [5.41, 5.74) is 5.41. The molecule has 0 aliphatic carbocycles. The van der Waals surface area contributed by atoms with Crippen LogP contribution < -0.4 is 5.73 Å². The number of hydrogen-bond donors (Lipinski definition) is 1. The second-order valence-electron chi connectivity index (χ2n) is 3.87. The van der Waals surface area contributed by atoms with E-state index in [1.807, 2.05) is 0 Å². The molecule has 1 fully saturated rings. The number of carbonyl (C=O) groups excluding carboxylic acids is 1. The molecule has 0 bridgehead atoms. The molecule has 0 aromatic rings. The molecule has 1 amide bonds. The van der Waals surface area contributed by atoms with Crippen molar-refractivity contribution in [2.75, 3.05) is 19.6 Å². The van der Waals surface area contributed by atoms with Gasteiger partial charge in [-0.25, -0.2) is 4.79 Å². The summed E-state index contributed by atoms with van der Waals surface area (Å²) < 4.78 is 5.02. The van der Waals surface area contributed by atoms with Gasteiger partial charge < -0.3 is 15.4 Å². The maximum Gasteiger partial charge on any atom is 0.410 e. The molecule has 4 heteroatoms. The van der Waals surface area contributed by atoms with Gasteiger partial charge in [0.2, 0.25) is 0 Å². The van der Waals surface area contributed by atoms with Crippen molar-refractivity contribution < 1.29 is 9.53 Å². The SMILES string of the molecule is CC(C)CCN1CC(CN)OC1=O. The van der Waals surface area contributed by atoms with E-state index in [0.717, 1.165) is 13.0 Å². The molecular formula is C9H18N2O2. The zero-order valence-electron chi connectivity index (χ0n) is 8.32. The van der Waals surface area contributed by atoms with Crippen LogP contribution in [0, 0.1) is 5.92 Å². The predicted molar refractivity (Wildman–Crippen MR) is 50.4 cm³/mol. The molecule has 4 nitrogen and oxygen atoms in total. The van der Waals surface area contributed by atoms with E-state index in [-0.39, 0.29) is 12.2 Å². The number of amides is 1. The van der Waals surface area contributed by atoms with E-state index in [0.29, 0.717) is 19.0 Å². The Morgan fingerprint density at radius 1 is 1.69 bits per heavy atom. The minimum absolute atomic E-state index is 0.0975. The molecule has 76 valence electrons. The highest BCUT2D eigenvalue weighted by atomic mass is 16.6. The van der Waals surface area contributed by atoms with E-state index < -0.39 is 0 Å². The molecule has 0 aromatic carbocycles. The maximum absolute atomic E-state index is 11.2. The van der Waals surface area contributed by atoms with Gasteiger partial charge in [0.1, 0.15) is 6.10 Å². The van der Waals surface area contributed by atoms with Crippen molar-refractivity contribution in [1.29, 1.82) is 0 Å². The molecule has 1 aliphatic rings. The van der Waals surface area contributed by atoms with Crippen LogP contribution >= 0.6 is 0 Å². The highest BCUT2D eigenvalue weighted by Crippen LogP contribution is 2.12. The predicted octanol–water partition coefficient (Wildman–Crippen LogP) is 0.812.